The Kier molecular flexibility index (Phi) is 17.2. The third-order valence-corrected chi connectivity index (χ3v) is 1.17. The molecule has 0 saturated carbocycles. The molecule has 0 atom stereocenters. The number of nitro groups is 1. The van der Waals surface area contributed by atoms with E-state index in [4.69, 9.17) is 0 Å². The molecule has 1 aromatic rings. The van der Waals surface area contributed by atoms with Gasteiger partial charge in [-0.3, -0.25) is 10.1 Å². The molecule has 0 spiro atoms. The summed E-state index contributed by atoms with van der Waals surface area (Å²) in [6.07, 6.45) is 1.57. The zero-order valence-electron chi connectivity index (χ0n) is 10.7. The van der Waals surface area contributed by atoms with Gasteiger partial charge in [0.2, 0.25) is 5.69 Å². The molecular formula is C12H15NO4Y-2. The maximum Gasteiger partial charge on any atom is 0.216 e. The van der Waals surface area contributed by atoms with Crippen molar-refractivity contribution in [1.82, 2.24) is 0 Å². The van der Waals surface area contributed by atoms with Crippen molar-refractivity contribution in [3.8, 4) is 0 Å². The summed E-state index contributed by atoms with van der Waals surface area (Å²) in [7, 11) is 0. The molecule has 0 aromatic heterocycles. The van der Waals surface area contributed by atoms with Gasteiger partial charge in [0.05, 0.1) is 6.29 Å². The van der Waals surface area contributed by atoms with Gasteiger partial charge in [-0.15, -0.1) is 11.6 Å². The Labute approximate surface area is 132 Å². The quantitative estimate of drug-likeness (QED) is 0.475. The fourth-order valence-corrected chi connectivity index (χ4v) is 0.683. The predicted molar refractivity (Wildman–Crippen MR) is 65.3 cm³/mol. The van der Waals surface area contributed by atoms with Crippen LogP contribution in [0.25, 0.3) is 0 Å². The molecule has 18 heavy (non-hydrogen) atoms. The van der Waals surface area contributed by atoms with Crippen LogP contribution in [-0.4, -0.2) is 17.0 Å². The number of rotatable bonds is 2. The van der Waals surface area contributed by atoms with E-state index >= 15 is 0 Å². The van der Waals surface area contributed by atoms with Crippen molar-refractivity contribution in [1.29, 1.82) is 0 Å². The number of benzene rings is 1. The Balaban J connectivity index is -0.000000277. The van der Waals surface area contributed by atoms with Crippen molar-refractivity contribution in [3.63, 3.8) is 0 Å². The summed E-state index contributed by atoms with van der Waals surface area (Å²) in [6, 6.07) is 5.40. The van der Waals surface area contributed by atoms with Crippen molar-refractivity contribution >= 4 is 17.8 Å². The van der Waals surface area contributed by atoms with E-state index in [-0.39, 0.29) is 49.7 Å². The Morgan fingerprint density at radius 1 is 1.39 bits per heavy atom. The van der Waals surface area contributed by atoms with Crippen LogP contribution in [0.15, 0.2) is 24.3 Å². The van der Waals surface area contributed by atoms with Gasteiger partial charge in [-0.05, 0) is 18.8 Å². The van der Waals surface area contributed by atoms with E-state index in [1.165, 1.54) is 31.2 Å². The zero-order valence-corrected chi connectivity index (χ0v) is 13.5. The van der Waals surface area contributed by atoms with Gasteiger partial charge in [0.15, 0.2) is 0 Å². The average molecular weight is 326 g/mol. The van der Waals surface area contributed by atoms with Crippen molar-refractivity contribution in [2.24, 2.45) is 0 Å². The number of hydrogen-bond acceptors (Lipinski definition) is 4. The van der Waals surface area contributed by atoms with Crippen LogP contribution >= 0.6 is 0 Å². The maximum atomic E-state index is 10.1. The normalized spacial score (nSPS) is 7.28. The van der Waals surface area contributed by atoms with Gasteiger partial charge in [0.1, 0.15) is 0 Å². The standard InChI is InChI=1S/C7H4NO3.C3H5O.C2H6.Y/c9-5-6-2-1-3-7(4-6)8(10)11;1-3(2)4;1-2;/h1-4H;1H2,2H3;1-2H3;/q2*-1;;. The summed E-state index contributed by atoms with van der Waals surface area (Å²) in [5.74, 6) is -0.0833. The van der Waals surface area contributed by atoms with Gasteiger partial charge < -0.3 is 16.5 Å². The largest absolute Gasteiger partial charge is 0.376 e. The van der Waals surface area contributed by atoms with Crippen molar-refractivity contribution in [3.05, 3.63) is 46.9 Å². The summed E-state index contributed by atoms with van der Waals surface area (Å²) in [6.45, 7) is 8.42. The minimum atomic E-state index is -0.555. The number of hydrogen-bond donors (Lipinski definition) is 0. The minimum absolute atomic E-state index is 0. The number of Topliss-reactive ketones (excluding diaryl/α,β-unsaturated/α-hetero) is 1. The smallest absolute Gasteiger partial charge is 0.216 e. The van der Waals surface area contributed by atoms with Crippen LogP contribution in [0.1, 0.15) is 26.3 Å². The summed E-state index contributed by atoms with van der Waals surface area (Å²) >= 11 is 0. The molecule has 0 fully saturated rings. The molecule has 0 saturated heterocycles. The molecule has 0 N–H and O–H groups in total. The molecule has 97 valence electrons. The Bertz CT molecular complexity index is 376. The van der Waals surface area contributed by atoms with E-state index in [0.29, 0.717) is 0 Å². The number of carbonyl (C=O) groups excluding carboxylic acids is 2. The summed E-state index contributed by atoms with van der Waals surface area (Å²) in [5.41, 5.74) is 0.102. The molecule has 1 rings (SSSR count). The zero-order chi connectivity index (χ0) is 13.8. The van der Waals surface area contributed by atoms with Crippen LogP contribution in [0, 0.1) is 17.0 Å². The van der Waals surface area contributed by atoms with E-state index in [1.807, 2.05) is 13.8 Å². The molecule has 6 heteroatoms. The second kappa shape index (κ2) is 14.0. The average Bonchev–Trinajstić information content (AvgIpc) is 2.31. The molecule has 0 aliphatic rings. The molecule has 1 aromatic carbocycles. The second-order valence-electron chi connectivity index (χ2n) is 2.61. The van der Waals surface area contributed by atoms with Crippen LogP contribution in [0.3, 0.4) is 0 Å². The van der Waals surface area contributed by atoms with Crippen LogP contribution in [-0.2, 0) is 42.3 Å². The number of non-ortho nitro benzene ring substituents is 1. The van der Waals surface area contributed by atoms with Crippen LogP contribution in [0.2, 0.25) is 0 Å². The van der Waals surface area contributed by atoms with Gasteiger partial charge in [-0.25, -0.2) is 0 Å². The topological polar surface area (TPSA) is 77.3 Å². The van der Waals surface area contributed by atoms with Crippen LogP contribution in [0.4, 0.5) is 5.69 Å². The van der Waals surface area contributed by atoms with Gasteiger partial charge in [-0.1, -0.05) is 19.9 Å². The monoisotopic (exact) mass is 326 g/mol. The predicted octanol–water partition coefficient (Wildman–Crippen LogP) is 2.49. The van der Waals surface area contributed by atoms with Crippen LogP contribution < -0.4 is 0 Å². The first-order valence-corrected chi connectivity index (χ1v) is 4.92. The number of nitro benzene ring substituents is 1. The van der Waals surface area contributed by atoms with Crippen LogP contribution in [0.5, 0.6) is 0 Å². The number of ketones is 1. The van der Waals surface area contributed by atoms with Gasteiger partial charge in [-0.2, -0.15) is 6.07 Å². The number of carbonyl (C=O) groups is 1. The van der Waals surface area contributed by atoms with Gasteiger partial charge in [0, 0.05) is 37.6 Å². The first kappa shape index (κ1) is 22.1. The fourth-order valence-electron chi connectivity index (χ4n) is 0.683. The third-order valence-electron chi connectivity index (χ3n) is 1.17. The van der Waals surface area contributed by atoms with E-state index in [2.05, 4.69) is 6.92 Å². The molecule has 5 nitrogen and oxygen atoms in total. The molecule has 0 bridgehead atoms. The summed E-state index contributed by atoms with van der Waals surface area (Å²) in [4.78, 5) is 29.0. The Hall–Kier alpha value is -1.07. The van der Waals surface area contributed by atoms with Crippen molar-refractivity contribution in [2.75, 3.05) is 0 Å². The first-order valence-electron chi connectivity index (χ1n) is 4.92. The van der Waals surface area contributed by atoms with E-state index in [1.54, 1.807) is 6.29 Å². The Morgan fingerprint density at radius 3 is 2.17 bits per heavy atom. The fraction of sp³-hybridized carbons (Fsp3) is 0.250. The number of nitrogens with zero attached hydrogens (tertiary/aromatic N) is 1. The van der Waals surface area contributed by atoms with Gasteiger partial charge in [0.25, 0.3) is 0 Å². The molecule has 1 radical (unpaired) electrons. The Morgan fingerprint density at radius 2 is 1.83 bits per heavy atom. The second-order valence-corrected chi connectivity index (χ2v) is 2.61. The van der Waals surface area contributed by atoms with Gasteiger partial charge >= 0.3 is 0 Å². The molecule has 0 aliphatic carbocycles. The minimum Gasteiger partial charge on any atom is -0.376 e. The van der Waals surface area contributed by atoms with E-state index in [0.717, 1.165) is 0 Å². The van der Waals surface area contributed by atoms with Crippen molar-refractivity contribution < 1.29 is 47.2 Å². The first-order chi connectivity index (χ1) is 7.97. The van der Waals surface area contributed by atoms with E-state index < -0.39 is 4.92 Å². The summed E-state index contributed by atoms with van der Waals surface area (Å²) < 4.78 is 0. The third kappa shape index (κ3) is 13.0. The molecular weight excluding hydrogens is 311 g/mol. The maximum absolute atomic E-state index is 10.1. The summed E-state index contributed by atoms with van der Waals surface area (Å²) in [5, 5.41) is 10.1. The SMILES string of the molecule is CC.O=[C-]c1cccc([N+](=O)[O-])c1.[CH2-]C(C)=O.[Y]. The molecule has 0 heterocycles. The molecule has 0 amide bonds. The molecule has 0 unspecified atom stereocenters. The molecule has 0 aliphatic heterocycles. The van der Waals surface area contributed by atoms with Crippen molar-refractivity contribution in [2.45, 2.75) is 20.8 Å². The van der Waals surface area contributed by atoms with E-state index in [9.17, 15) is 19.7 Å².